The van der Waals surface area contributed by atoms with Crippen molar-refractivity contribution in [2.24, 2.45) is 11.0 Å². The number of benzene rings is 4. The SMILES string of the molecule is COC(=O)[C@@H]1[C@@H]2C(=NN1c1ccc(Br)cc1)[C@H](OCc1ccccc1)[C@H](OCc1ccccc1)[C@@H]2OCc1ccccc1. The highest BCUT2D eigenvalue weighted by molar-refractivity contribution is 9.10. The lowest BCUT2D eigenvalue weighted by Gasteiger charge is -2.31. The molecule has 6 rings (SSSR count). The van der Waals surface area contributed by atoms with Crippen LogP contribution in [0.15, 0.2) is 125 Å². The molecular weight excluding hydrogens is 608 g/mol. The number of nitrogens with zero attached hydrogens (tertiary/aromatic N) is 2. The number of methoxy groups -OCH3 is 1. The largest absolute Gasteiger partial charge is 0.467 e. The van der Waals surface area contributed by atoms with Gasteiger partial charge < -0.3 is 18.9 Å². The molecule has 0 unspecified atom stereocenters. The van der Waals surface area contributed by atoms with Gasteiger partial charge in [0.15, 0.2) is 6.04 Å². The van der Waals surface area contributed by atoms with Crippen LogP contribution in [0.25, 0.3) is 0 Å². The minimum atomic E-state index is -0.755. The van der Waals surface area contributed by atoms with Crippen LogP contribution in [0.4, 0.5) is 5.69 Å². The van der Waals surface area contributed by atoms with Crippen molar-refractivity contribution >= 4 is 33.3 Å². The summed E-state index contributed by atoms with van der Waals surface area (Å²) in [6.07, 6.45) is -1.61. The van der Waals surface area contributed by atoms with E-state index in [4.69, 9.17) is 24.0 Å². The maximum atomic E-state index is 13.5. The molecule has 1 aliphatic carbocycles. The highest BCUT2D eigenvalue weighted by Crippen LogP contribution is 2.43. The fraction of sp³-hybridized carbons (Fsp3) is 0.257. The number of hydrogen-bond donors (Lipinski definition) is 0. The Labute approximate surface area is 260 Å². The lowest BCUT2D eigenvalue weighted by Crippen LogP contribution is -2.47. The predicted molar refractivity (Wildman–Crippen MR) is 168 cm³/mol. The van der Waals surface area contributed by atoms with Gasteiger partial charge in [-0.2, -0.15) is 5.10 Å². The van der Waals surface area contributed by atoms with Crippen molar-refractivity contribution < 1.29 is 23.7 Å². The van der Waals surface area contributed by atoms with E-state index in [-0.39, 0.29) is 0 Å². The van der Waals surface area contributed by atoms with Crippen molar-refractivity contribution in [1.82, 2.24) is 0 Å². The third-order valence-corrected chi connectivity index (χ3v) is 8.34. The summed E-state index contributed by atoms with van der Waals surface area (Å²) in [5.74, 6) is -0.855. The van der Waals surface area contributed by atoms with Gasteiger partial charge in [0.25, 0.3) is 0 Å². The molecular formula is C35H33BrN2O5. The molecule has 5 atom stereocenters. The molecule has 220 valence electrons. The van der Waals surface area contributed by atoms with Gasteiger partial charge in [0.1, 0.15) is 12.2 Å². The molecule has 1 saturated carbocycles. The van der Waals surface area contributed by atoms with Crippen LogP contribution in [0.5, 0.6) is 0 Å². The van der Waals surface area contributed by atoms with Crippen LogP contribution in [-0.2, 0) is 43.6 Å². The average molecular weight is 642 g/mol. The van der Waals surface area contributed by atoms with E-state index in [1.165, 1.54) is 7.11 Å². The van der Waals surface area contributed by atoms with Crippen LogP contribution in [0.2, 0.25) is 0 Å². The number of carbonyl (C=O) groups is 1. The zero-order valence-electron chi connectivity index (χ0n) is 23.8. The van der Waals surface area contributed by atoms with Gasteiger partial charge in [-0.3, -0.25) is 5.01 Å². The lowest BCUT2D eigenvalue weighted by atomic mass is 9.94. The monoisotopic (exact) mass is 640 g/mol. The molecule has 1 aliphatic heterocycles. The molecule has 1 heterocycles. The van der Waals surface area contributed by atoms with Crippen molar-refractivity contribution in [2.75, 3.05) is 12.1 Å². The summed E-state index contributed by atoms with van der Waals surface area (Å²) in [5.41, 5.74) is 4.57. The molecule has 0 aromatic heterocycles. The first-order valence-corrected chi connectivity index (χ1v) is 15.1. The third kappa shape index (κ3) is 6.58. The van der Waals surface area contributed by atoms with Crippen molar-refractivity contribution in [3.8, 4) is 0 Å². The average Bonchev–Trinajstić information content (AvgIpc) is 3.57. The number of hydrazone groups is 1. The Morgan fingerprint density at radius 3 is 1.70 bits per heavy atom. The normalized spacial score (nSPS) is 22.7. The van der Waals surface area contributed by atoms with Crippen LogP contribution >= 0.6 is 15.9 Å². The van der Waals surface area contributed by atoms with Gasteiger partial charge in [-0.25, -0.2) is 4.79 Å². The molecule has 0 bridgehead atoms. The van der Waals surface area contributed by atoms with Crippen LogP contribution in [-0.4, -0.2) is 43.1 Å². The number of hydrogen-bond acceptors (Lipinski definition) is 7. The van der Waals surface area contributed by atoms with Crippen molar-refractivity contribution in [1.29, 1.82) is 0 Å². The molecule has 4 aromatic carbocycles. The molecule has 0 amide bonds. The summed E-state index contributed by atoms with van der Waals surface area (Å²) in [7, 11) is 1.40. The standard InChI is InChI=1S/C35H33BrN2O5/c1-40-35(39)31-29-30(37-38(31)28-19-17-27(36)18-20-28)33(42-22-25-13-7-3-8-14-25)34(43-23-26-15-9-4-10-16-26)32(29)41-21-24-11-5-2-6-12-24/h2-20,29,31-34H,21-23H2,1H3/t29-,31-,32+,33-,34+/m0/s1. The Balaban J connectivity index is 1.39. The molecule has 0 saturated heterocycles. The number of fused-ring (bicyclic) bond motifs is 1. The quantitative estimate of drug-likeness (QED) is 0.173. The zero-order valence-corrected chi connectivity index (χ0v) is 25.4. The summed E-state index contributed by atoms with van der Waals surface area (Å²) in [5, 5.41) is 6.79. The lowest BCUT2D eigenvalue weighted by molar-refractivity contribution is -0.148. The van der Waals surface area contributed by atoms with Gasteiger partial charge in [0.05, 0.1) is 50.4 Å². The Hall–Kier alpha value is -3.82. The van der Waals surface area contributed by atoms with Gasteiger partial charge in [-0.15, -0.1) is 0 Å². The summed E-state index contributed by atoms with van der Waals surface area (Å²) >= 11 is 3.51. The zero-order chi connectivity index (χ0) is 29.6. The third-order valence-electron chi connectivity index (χ3n) is 7.81. The van der Waals surface area contributed by atoms with Crippen LogP contribution in [0.1, 0.15) is 16.7 Å². The summed E-state index contributed by atoms with van der Waals surface area (Å²) in [6.45, 7) is 1.06. The number of carbonyl (C=O) groups excluding carboxylic acids is 1. The number of anilines is 1. The number of ether oxygens (including phenoxy) is 4. The molecule has 0 radical (unpaired) electrons. The summed E-state index contributed by atoms with van der Waals surface area (Å²) in [4.78, 5) is 13.5. The smallest absolute Gasteiger partial charge is 0.331 e. The van der Waals surface area contributed by atoms with Crippen LogP contribution in [0, 0.1) is 5.92 Å². The summed E-state index contributed by atoms with van der Waals surface area (Å²) < 4.78 is 26.2. The minimum absolute atomic E-state index is 0.345. The number of esters is 1. The van der Waals surface area contributed by atoms with E-state index in [2.05, 4.69) is 15.9 Å². The fourth-order valence-electron chi connectivity index (χ4n) is 5.74. The van der Waals surface area contributed by atoms with Crippen LogP contribution < -0.4 is 5.01 Å². The second-order valence-electron chi connectivity index (χ2n) is 10.6. The van der Waals surface area contributed by atoms with Crippen molar-refractivity contribution in [3.05, 3.63) is 136 Å². The Bertz CT molecular complexity index is 1520. The fourth-order valence-corrected chi connectivity index (χ4v) is 6.00. The first kappa shape index (κ1) is 29.3. The maximum absolute atomic E-state index is 13.5. The van der Waals surface area contributed by atoms with Gasteiger partial charge in [-0.1, -0.05) is 107 Å². The van der Waals surface area contributed by atoms with E-state index < -0.39 is 36.2 Å². The van der Waals surface area contributed by atoms with Gasteiger partial charge >= 0.3 is 5.97 Å². The topological polar surface area (TPSA) is 69.6 Å². The Morgan fingerprint density at radius 2 is 1.19 bits per heavy atom. The van der Waals surface area contributed by atoms with E-state index in [9.17, 15) is 4.79 Å². The summed E-state index contributed by atoms with van der Waals surface area (Å²) in [6, 6.07) is 36.9. The van der Waals surface area contributed by atoms with Gasteiger partial charge in [0.2, 0.25) is 0 Å². The predicted octanol–water partition coefficient (Wildman–Crippen LogP) is 6.55. The second kappa shape index (κ2) is 13.7. The maximum Gasteiger partial charge on any atom is 0.331 e. The first-order valence-electron chi connectivity index (χ1n) is 14.3. The molecule has 7 nitrogen and oxygen atoms in total. The molecule has 1 fully saturated rings. The molecule has 0 N–H and O–H groups in total. The highest BCUT2D eigenvalue weighted by atomic mass is 79.9. The van der Waals surface area contributed by atoms with E-state index in [1.807, 2.05) is 115 Å². The van der Waals surface area contributed by atoms with Gasteiger partial charge in [0, 0.05) is 4.47 Å². The van der Waals surface area contributed by atoms with E-state index in [0.29, 0.717) is 25.5 Å². The molecule has 2 aliphatic rings. The minimum Gasteiger partial charge on any atom is -0.467 e. The number of halogens is 1. The number of rotatable bonds is 11. The second-order valence-corrected chi connectivity index (χ2v) is 11.5. The van der Waals surface area contributed by atoms with Crippen molar-refractivity contribution in [2.45, 2.75) is 44.2 Å². The molecule has 0 spiro atoms. The highest BCUT2D eigenvalue weighted by Gasteiger charge is 2.60. The van der Waals surface area contributed by atoms with E-state index >= 15 is 0 Å². The first-order chi connectivity index (χ1) is 21.1. The van der Waals surface area contributed by atoms with Crippen molar-refractivity contribution in [3.63, 3.8) is 0 Å². The van der Waals surface area contributed by atoms with E-state index in [0.717, 1.165) is 26.9 Å². The van der Waals surface area contributed by atoms with Gasteiger partial charge in [-0.05, 0) is 41.0 Å². The Kier molecular flexibility index (Phi) is 9.29. The molecule has 4 aromatic rings. The molecule has 8 heteroatoms. The van der Waals surface area contributed by atoms with Crippen LogP contribution in [0.3, 0.4) is 0 Å². The Morgan fingerprint density at radius 1 is 0.698 bits per heavy atom. The molecule has 43 heavy (non-hydrogen) atoms. The van der Waals surface area contributed by atoms with E-state index in [1.54, 1.807) is 5.01 Å².